The molecule has 0 saturated heterocycles. The van der Waals surface area contributed by atoms with Crippen LogP contribution in [0.15, 0.2) is 29.2 Å². The zero-order valence-electron chi connectivity index (χ0n) is 12.1. The van der Waals surface area contributed by atoms with Gasteiger partial charge in [0.1, 0.15) is 0 Å². The van der Waals surface area contributed by atoms with E-state index in [0.29, 0.717) is 12.2 Å². The quantitative estimate of drug-likeness (QED) is 0.759. The first-order valence-corrected chi connectivity index (χ1v) is 7.49. The van der Waals surface area contributed by atoms with Gasteiger partial charge in [-0.2, -0.15) is 0 Å². The lowest BCUT2D eigenvalue weighted by Gasteiger charge is -2.24. The Bertz CT molecular complexity index is 469. The number of carbonyl (C=O) groups excluding carboxylic acids is 1. The summed E-state index contributed by atoms with van der Waals surface area (Å²) in [6.45, 7) is 5.46. The van der Waals surface area contributed by atoms with Crippen molar-refractivity contribution >= 4 is 23.6 Å². The first kappa shape index (κ1) is 16.6. The van der Waals surface area contributed by atoms with Gasteiger partial charge in [-0.1, -0.05) is 17.7 Å². The lowest BCUT2D eigenvalue weighted by molar-refractivity contribution is -0.138. The Morgan fingerprint density at radius 3 is 2.40 bits per heavy atom. The van der Waals surface area contributed by atoms with Crippen LogP contribution in [-0.2, 0) is 9.59 Å². The highest BCUT2D eigenvalue weighted by Crippen LogP contribution is 2.19. The summed E-state index contributed by atoms with van der Waals surface area (Å²) in [5, 5.41) is 11.5. The van der Waals surface area contributed by atoms with Crippen molar-refractivity contribution in [3.63, 3.8) is 0 Å². The number of carboxylic acid groups (broad SMARTS) is 1. The van der Waals surface area contributed by atoms with Crippen molar-refractivity contribution < 1.29 is 14.7 Å². The Kier molecular flexibility index (Phi) is 6.07. The van der Waals surface area contributed by atoms with Gasteiger partial charge in [-0.3, -0.25) is 9.59 Å². The van der Waals surface area contributed by atoms with Crippen LogP contribution in [0.3, 0.4) is 0 Å². The minimum Gasteiger partial charge on any atom is -0.481 e. The molecule has 0 radical (unpaired) electrons. The van der Waals surface area contributed by atoms with E-state index in [0.717, 1.165) is 4.90 Å². The number of aliphatic carboxylic acids is 1. The minimum absolute atomic E-state index is 0.0795. The second-order valence-corrected chi connectivity index (χ2v) is 6.58. The molecule has 0 heterocycles. The summed E-state index contributed by atoms with van der Waals surface area (Å²) >= 11 is 1.62. The molecule has 0 aliphatic carbocycles. The average molecular weight is 295 g/mol. The molecular weight excluding hydrogens is 274 g/mol. The van der Waals surface area contributed by atoms with Crippen LogP contribution in [0.5, 0.6) is 0 Å². The van der Waals surface area contributed by atoms with Crippen LogP contribution in [0.1, 0.15) is 32.3 Å². The SMILES string of the molecule is Cc1ccc(SCCC(=O)NC(C)(C)CC(=O)O)cc1. The number of amides is 1. The molecule has 1 rings (SSSR count). The summed E-state index contributed by atoms with van der Waals surface area (Å²) in [6.07, 6.45) is 0.297. The Morgan fingerprint density at radius 1 is 1.25 bits per heavy atom. The van der Waals surface area contributed by atoms with Crippen molar-refractivity contribution in [2.75, 3.05) is 5.75 Å². The highest BCUT2D eigenvalue weighted by Gasteiger charge is 2.23. The third-order valence-electron chi connectivity index (χ3n) is 2.69. The summed E-state index contributed by atoms with van der Waals surface area (Å²) in [5.74, 6) is -0.349. The Labute approximate surface area is 124 Å². The molecule has 110 valence electrons. The van der Waals surface area contributed by atoms with Crippen LogP contribution >= 0.6 is 11.8 Å². The average Bonchev–Trinajstić information content (AvgIpc) is 2.29. The normalized spacial score (nSPS) is 11.2. The van der Waals surface area contributed by atoms with Gasteiger partial charge < -0.3 is 10.4 Å². The zero-order chi connectivity index (χ0) is 15.2. The molecule has 0 unspecified atom stereocenters. The second kappa shape index (κ2) is 7.33. The Morgan fingerprint density at radius 2 is 1.85 bits per heavy atom. The first-order valence-electron chi connectivity index (χ1n) is 6.51. The maximum Gasteiger partial charge on any atom is 0.305 e. The third kappa shape index (κ3) is 6.61. The number of rotatable bonds is 7. The van der Waals surface area contributed by atoms with E-state index in [1.165, 1.54) is 5.56 Å². The number of benzene rings is 1. The van der Waals surface area contributed by atoms with Crippen LogP contribution in [-0.4, -0.2) is 28.3 Å². The highest BCUT2D eigenvalue weighted by atomic mass is 32.2. The largest absolute Gasteiger partial charge is 0.481 e. The standard InChI is InChI=1S/C15H21NO3S/c1-11-4-6-12(7-5-11)20-9-8-13(17)16-15(2,3)10-14(18)19/h4-7H,8-10H2,1-3H3,(H,16,17)(H,18,19). The summed E-state index contributed by atoms with van der Waals surface area (Å²) in [4.78, 5) is 23.6. The molecule has 0 spiro atoms. The number of thioether (sulfide) groups is 1. The Balaban J connectivity index is 2.33. The molecule has 0 saturated carbocycles. The van der Waals surface area contributed by atoms with Gasteiger partial charge in [0, 0.05) is 22.6 Å². The van der Waals surface area contributed by atoms with Gasteiger partial charge >= 0.3 is 5.97 Å². The van der Waals surface area contributed by atoms with E-state index in [1.54, 1.807) is 25.6 Å². The number of carboxylic acids is 1. The van der Waals surface area contributed by atoms with E-state index >= 15 is 0 Å². The van der Waals surface area contributed by atoms with Crippen LogP contribution in [0, 0.1) is 6.92 Å². The van der Waals surface area contributed by atoms with Gasteiger partial charge in [0.15, 0.2) is 0 Å². The molecule has 0 atom stereocenters. The van der Waals surface area contributed by atoms with Gasteiger partial charge in [0.2, 0.25) is 5.91 Å². The number of hydrogen-bond donors (Lipinski definition) is 2. The predicted octanol–water partition coefficient (Wildman–Crippen LogP) is 2.85. The molecule has 0 aromatic heterocycles. The molecule has 1 amide bonds. The lowest BCUT2D eigenvalue weighted by Crippen LogP contribution is -2.45. The van der Waals surface area contributed by atoms with Crippen LogP contribution in [0.25, 0.3) is 0 Å². The van der Waals surface area contributed by atoms with E-state index in [2.05, 4.69) is 5.32 Å². The fourth-order valence-corrected chi connectivity index (χ4v) is 2.61. The van der Waals surface area contributed by atoms with Gasteiger partial charge in [0.05, 0.1) is 6.42 Å². The molecule has 1 aromatic rings. The molecule has 0 bridgehead atoms. The molecule has 5 heteroatoms. The minimum atomic E-state index is -0.913. The molecule has 2 N–H and O–H groups in total. The zero-order valence-corrected chi connectivity index (χ0v) is 12.9. The van der Waals surface area contributed by atoms with Crippen molar-refractivity contribution in [2.24, 2.45) is 0 Å². The van der Waals surface area contributed by atoms with E-state index in [1.807, 2.05) is 31.2 Å². The maximum absolute atomic E-state index is 11.8. The maximum atomic E-state index is 11.8. The van der Waals surface area contributed by atoms with Crippen molar-refractivity contribution in [3.8, 4) is 0 Å². The summed E-state index contributed by atoms with van der Waals surface area (Å²) in [5.41, 5.74) is 0.500. The summed E-state index contributed by atoms with van der Waals surface area (Å²) < 4.78 is 0. The van der Waals surface area contributed by atoms with Crippen molar-refractivity contribution in [1.29, 1.82) is 0 Å². The summed E-state index contributed by atoms with van der Waals surface area (Å²) in [7, 11) is 0. The third-order valence-corrected chi connectivity index (χ3v) is 3.70. The van der Waals surface area contributed by atoms with E-state index in [-0.39, 0.29) is 12.3 Å². The van der Waals surface area contributed by atoms with Gasteiger partial charge in [-0.15, -0.1) is 11.8 Å². The second-order valence-electron chi connectivity index (χ2n) is 5.41. The number of hydrogen-bond acceptors (Lipinski definition) is 3. The number of nitrogens with one attached hydrogen (secondary N) is 1. The van der Waals surface area contributed by atoms with Crippen LogP contribution in [0.2, 0.25) is 0 Å². The Hall–Kier alpha value is -1.49. The topological polar surface area (TPSA) is 66.4 Å². The number of aryl methyl sites for hydroxylation is 1. The molecule has 0 fully saturated rings. The van der Waals surface area contributed by atoms with E-state index < -0.39 is 11.5 Å². The van der Waals surface area contributed by atoms with Crippen molar-refractivity contribution in [3.05, 3.63) is 29.8 Å². The molecule has 4 nitrogen and oxygen atoms in total. The van der Waals surface area contributed by atoms with Crippen molar-refractivity contribution in [2.45, 2.75) is 44.0 Å². The lowest BCUT2D eigenvalue weighted by atomic mass is 10.0. The van der Waals surface area contributed by atoms with Gasteiger partial charge in [0.25, 0.3) is 0 Å². The smallest absolute Gasteiger partial charge is 0.305 e. The molecule has 1 aromatic carbocycles. The molecular formula is C15H21NO3S. The van der Waals surface area contributed by atoms with E-state index in [9.17, 15) is 9.59 Å². The fourth-order valence-electron chi connectivity index (χ4n) is 1.76. The number of carbonyl (C=O) groups is 2. The van der Waals surface area contributed by atoms with Crippen molar-refractivity contribution in [1.82, 2.24) is 5.32 Å². The monoisotopic (exact) mass is 295 g/mol. The fraction of sp³-hybridized carbons (Fsp3) is 0.467. The molecule has 20 heavy (non-hydrogen) atoms. The predicted molar refractivity (Wildman–Crippen MR) is 81.0 cm³/mol. The summed E-state index contributed by atoms with van der Waals surface area (Å²) in [6, 6.07) is 8.15. The molecule has 0 aliphatic rings. The molecule has 0 aliphatic heterocycles. The van der Waals surface area contributed by atoms with Crippen LogP contribution < -0.4 is 5.32 Å². The van der Waals surface area contributed by atoms with Crippen LogP contribution in [0.4, 0.5) is 0 Å². The van der Waals surface area contributed by atoms with Gasteiger partial charge in [-0.05, 0) is 32.9 Å². The highest BCUT2D eigenvalue weighted by molar-refractivity contribution is 7.99. The van der Waals surface area contributed by atoms with Gasteiger partial charge in [-0.25, -0.2) is 0 Å². The van der Waals surface area contributed by atoms with E-state index in [4.69, 9.17) is 5.11 Å². The first-order chi connectivity index (χ1) is 9.28.